The summed E-state index contributed by atoms with van der Waals surface area (Å²) in [5, 5.41) is 3.43. The van der Waals surface area contributed by atoms with Crippen molar-refractivity contribution in [3.05, 3.63) is 48.6 Å². The number of para-hydroxylation sites is 1. The molecule has 13 heavy (non-hydrogen) atoms. The van der Waals surface area contributed by atoms with Crippen molar-refractivity contribution in [1.82, 2.24) is 0 Å². The summed E-state index contributed by atoms with van der Waals surface area (Å²) < 4.78 is 0. The molecule has 0 aromatic heterocycles. The smallest absolute Gasteiger partial charge is 0.0476 e. The maximum absolute atomic E-state index is 3.80. The van der Waals surface area contributed by atoms with E-state index in [1.165, 1.54) is 11.3 Å². The first-order valence-corrected chi connectivity index (χ1v) is 4.55. The van der Waals surface area contributed by atoms with E-state index in [1.807, 2.05) is 12.1 Å². The topological polar surface area (TPSA) is 12.0 Å². The van der Waals surface area contributed by atoms with Crippen LogP contribution in [0.15, 0.2) is 43.0 Å². The Bertz CT molecular complexity index is 339. The van der Waals surface area contributed by atoms with Gasteiger partial charge in [-0.05, 0) is 18.1 Å². The maximum atomic E-state index is 3.80. The minimum atomic E-state index is 0.361. The Labute approximate surface area is 78.8 Å². The minimum Gasteiger partial charge on any atom is -0.378 e. The van der Waals surface area contributed by atoms with Crippen molar-refractivity contribution in [1.29, 1.82) is 0 Å². The van der Waals surface area contributed by atoms with Crippen molar-refractivity contribution >= 4 is 11.8 Å². The molecule has 1 N–H and O–H groups in total. The Morgan fingerprint density at radius 2 is 2.23 bits per heavy atom. The van der Waals surface area contributed by atoms with E-state index in [0.717, 1.165) is 6.42 Å². The SMILES string of the molecule is C=C[C@@H]1CC=Cc2ccccc2N1. The zero-order chi connectivity index (χ0) is 9.10. The molecular weight excluding hydrogens is 158 g/mol. The molecule has 1 nitrogen and oxygen atoms in total. The van der Waals surface area contributed by atoms with Crippen LogP contribution in [0, 0.1) is 0 Å². The van der Waals surface area contributed by atoms with Crippen LogP contribution in [0.3, 0.4) is 0 Å². The zero-order valence-electron chi connectivity index (χ0n) is 7.53. The van der Waals surface area contributed by atoms with Crippen molar-refractivity contribution in [2.45, 2.75) is 12.5 Å². The molecule has 0 fully saturated rings. The first-order valence-electron chi connectivity index (χ1n) is 4.55. The predicted molar refractivity (Wildman–Crippen MR) is 57.7 cm³/mol. The highest BCUT2D eigenvalue weighted by Crippen LogP contribution is 2.21. The number of fused-ring (bicyclic) bond motifs is 1. The minimum absolute atomic E-state index is 0.361. The summed E-state index contributed by atoms with van der Waals surface area (Å²) in [6.07, 6.45) is 7.31. The first kappa shape index (κ1) is 8.11. The van der Waals surface area contributed by atoms with E-state index in [0.29, 0.717) is 6.04 Å². The van der Waals surface area contributed by atoms with Crippen LogP contribution in [-0.2, 0) is 0 Å². The summed E-state index contributed by atoms with van der Waals surface area (Å²) in [7, 11) is 0. The molecule has 0 saturated carbocycles. The van der Waals surface area contributed by atoms with Gasteiger partial charge in [0, 0.05) is 11.7 Å². The largest absolute Gasteiger partial charge is 0.378 e. The van der Waals surface area contributed by atoms with E-state index in [2.05, 4.69) is 42.2 Å². The molecule has 1 heterocycles. The summed E-state index contributed by atoms with van der Waals surface area (Å²) in [6.45, 7) is 3.80. The van der Waals surface area contributed by atoms with Crippen LogP contribution in [0.1, 0.15) is 12.0 Å². The third-order valence-corrected chi connectivity index (χ3v) is 2.27. The third-order valence-electron chi connectivity index (χ3n) is 2.27. The quantitative estimate of drug-likeness (QED) is 0.640. The number of benzene rings is 1. The van der Waals surface area contributed by atoms with Gasteiger partial charge in [-0.2, -0.15) is 0 Å². The van der Waals surface area contributed by atoms with Crippen LogP contribution in [0.25, 0.3) is 6.08 Å². The molecule has 0 saturated heterocycles. The van der Waals surface area contributed by atoms with Crippen molar-refractivity contribution in [2.75, 3.05) is 5.32 Å². The van der Waals surface area contributed by atoms with Crippen molar-refractivity contribution in [3.8, 4) is 0 Å². The monoisotopic (exact) mass is 171 g/mol. The highest BCUT2D eigenvalue weighted by Gasteiger charge is 2.07. The lowest BCUT2D eigenvalue weighted by atomic mass is 10.2. The van der Waals surface area contributed by atoms with Crippen molar-refractivity contribution in [2.24, 2.45) is 0 Å². The van der Waals surface area contributed by atoms with Crippen molar-refractivity contribution in [3.63, 3.8) is 0 Å². The number of nitrogens with one attached hydrogen (secondary N) is 1. The summed E-state index contributed by atoms with van der Waals surface area (Å²) in [5.41, 5.74) is 2.45. The molecule has 0 spiro atoms. The molecule has 66 valence electrons. The van der Waals surface area contributed by atoms with E-state index in [9.17, 15) is 0 Å². The molecule has 0 aliphatic carbocycles. The van der Waals surface area contributed by atoms with E-state index >= 15 is 0 Å². The zero-order valence-corrected chi connectivity index (χ0v) is 7.53. The Morgan fingerprint density at radius 3 is 3.08 bits per heavy atom. The lowest BCUT2D eigenvalue weighted by Gasteiger charge is -2.13. The predicted octanol–water partition coefficient (Wildman–Crippen LogP) is 3.07. The van der Waals surface area contributed by atoms with Crippen LogP contribution < -0.4 is 5.32 Å². The van der Waals surface area contributed by atoms with E-state index in [1.54, 1.807) is 0 Å². The molecule has 1 aromatic rings. The summed E-state index contributed by atoms with van der Waals surface area (Å²) >= 11 is 0. The van der Waals surface area contributed by atoms with Gasteiger partial charge in [0.05, 0.1) is 0 Å². The molecule has 0 amide bonds. The summed E-state index contributed by atoms with van der Waals surface area (Å²) in [4.78, 5) is 0. The Kier molecular flexibility index (Phi) is 2.17. The van der Waals surface area contributed by atoms with E-state index in [-0.39, 0.29) is 0 Å². The van der Waals surface area contributed by atoms with Gasteiger partial charge in [-0.1, -0.05) is 36.4 Å². The average molecular weight is 171 g/mol. The molecule has 1 aliphatic heterocycles. The van der Waals surface area contributed by atoms with Crippen molar-refractivity contribution < 1.29 is 0 Å². The molecule has 0 radical (unpaired) electrons. The second-order valence-corrected chi connectivity index (χ2v) is 3.21. The molecule has 2 rings (SSSR count). The number of hydrogen-bond donors (Lipinski definition) is 1. The lowest BCUT2D eigenvalue weighted by Crippen LogP contribution is -2.14. The van der Waals surface area contributed by atoms with E-state index in [4.69, 9.17) is 0 Å². The number of hydrogen-bond acceptors (Lipinski definition) is 1. The fraction of sp³-hybridized carbons (Fsp3) is 0.167. The van der Waals surface area contributed by atoms with Crippen LogP contribution in [0.2, 0.25) is 0 Å². The fourth-order valence-corrected chi connectivity index (χ4v) is 1.53. The highest BCUT2D eigenvalue weighted by molar-refractivity contribution is 5.68. The summed E-state index contributed by atoms with van der Waals surface area (Å²) in [6, 6.07) is 8.68. The van der Waals surface area contributed by atoms with Gasteiger partial charge in [0.1, 0.15) is 0 Å². The molecule has 0 unspecified atom stereocenters. The van der Waals surface area contributed by atoms with Crippen LogP contribution in [0.5, 0.6) is 0 Å². The van der Waals surface area contributed by atoms with Gasteiger partial charge in [-0.15, -0.1) is 6.58 Å². The Morgan fingerprint density at radius 1 is 1.38 bits per heavy atom. The van der Waals surface area contributed by atoms with Gasteiger partial charge in [0.15, 0.2) is 0 Å². The molecular formula is C12H13N. The second-order valence-electron chi connectivity index (χ2n) is 3.21. The Hall–Kier alpha value is -1.50. The van der Waals surface area contributed by atoms with E-state index < -0.39 is 0 Å². The second kappa shape index (κ2) is 3.48. The van der Waals surface area contributed by atoms with Gasteiger partial charge >= 0.3 is 0 Å². The van der Waals surface area contributed by atoms with Gasteiger partial charge in [-0.25, -0.2) is 0 Å². The van der Waals surface area contributed by atoms with Crippen LogP contribution in [-0.4, -0.2) is 6.04 Å². The average Bonchev–Trinajstić information content (AvgIpc) is 2.38. The van der Waals surface area contributed by atoms with Gasteiger partial charge in [-0.3, -0.25) is 0 Å². The highest BCUT2D eigenvalue weighted by atomic mass is 14.9. The lowest BCUT2D eigenvalue weighted by molar-refractivity contribution is 0.904. The molecule has 1 heteroatoms. The third kappa shape index (κ3) is 1.64. The fourth-order valence-electron chi connectivity index (χ4n) is 1.53. The molecule has 0 bridgehead atoms. The number of anilines is 1. The van der Waals surface area contributed by atoms with Crippen LogP contribution >= 0.6 is 0 Å². The first-order chi connectivity index (χ1) is 6.40. The summed E-state index contributed by atoms with van der Waals surface area (Å²) in [5.74, 6) is 0. The van der Waals surface area contributed by atoms with Gasteiger partial charge < -0.3 is 5.32 Å². The Balaban J connectivity index is 2.37. The van der Waals surface area contributed by atoms with Gasteiger partial charge in [0.25, 0.3) is 0 Å². The molecule has 1 atom stereocenters. The number of rotatable bonds is 1. The van der Waals surface area contributed by atoms with Crippen LogP contribution in [0.4, 0.5) is 5.69 Å². The molecule has 1 aliphatic rings. The maximum Gasteiger partial charge on any atom is 0.0476 e. The standard InChI is InChI=1S/C12H13N/c1-2-11-8-5-7-10-6-3-4-9-12(10)13-11/h2-7,9,11,13H,1,8H2/t11-/m1/s1. The molecule has 1 aromatic carbocycles. The normalized spacial score (nSPS) is 19.8. The van der Waals surface area contributed by atoms with Gasteiger partial charge in [0.2, 0.25) is 0 Å².